The van der Waals surface area contributed by atoms with Crippen LogP contribution in [0.5, 0.6) is 0 Å². The predicted octanol–water partition coefficient (Wildman–Crippen LogP) is 3.28. The normalized spacial score (nSPS) is 12.2. The number of hydrogen-bond donors (Lipinski definition) is 2. The molecule has 0 aliphatic carbocycles. The maximum atomic E-state index is 12.8. The second kappa shape index (κ2) is 4.67. The summed E-state index contributed by atoms with van der Waals surface area (Å²) in [7, 11) is 0. The van der Waals surface area contributed by atoms with Gasteiger partial charge in [-0.1, -0.05) is 6.07 Å². The average Bonchev–Trinajstić information content (AvgIpc) is 2.68. The Balaban J connectivity index is 2.39. The van der Waals surface area contributed by atoms with E-state index in [2.05, 4.69) is 10.2 Å². The third kappa shape index (κ3) is 2.87. The Hall–Kier alpha value is -2.45. The largest absolute Gasteiger partial charge is 0.435 e. The second-order valence-electron chi connectivity index (χ2n) is 3.48. The standard InChI is InChI=1S/C10H6F4N4O/c11-5-2-1-3-6(4-5)15-16-7-8(10(12,13)14)17-18-9(7)19/h1-4H,(H2,17,18,19). The van der Waals surface area contributed by atoms with Crippen molar-refractivity contribution in [3.8, 4) is 0 Å². The topological polar surface area (TPSA) is 73.4 Å². The van der Waals surface area contributed by atoms with Gasteiger partial charge in [0.15, 0.2) is 11.4 Å². The van der Waals surface area contributed by atoms with Crippen LogP contribution in [0.2, 0.25) is 0 Å². The van der Waals surface area contributed by atoms with Crippen molar-refractivity contribution >= 4 is 11.4 Å². The van der Waals surface area contributed by atoms with E-state index in [1.807, 2.05) is 0 Å². The minimum absolute atomic E-state index is 0.00581. The van der Waals surface area contributed by atoms with E-state index >= 15 is 0 Å². The molecule has 0 radical (unpaired) electrons. The summed E-state index contributed by atoms with van der Waals surface area (Å²) in [4.78, 5) is 11.2. The SMILES string of the molecule is O=c1[nH][nH]c(C(F)(F)F)c1N=Nc1cccc(F)c1. The highest BCUT2D eigenvalue weighted by Crippen LogP contribution is 2.33. The van der Waals surface area contributed by atoms with E-state index in [1.165, 1.54) is 12.1 Å². The minimum atomic E-state index is -4.77. The summed E-state index contributed by atoms with van der Waals surface area (Å²) in [6.07, 6.45) is -4.77. The van der Waals surface area contributed by atoms with Gasteiger partial charge in [0.2, 0.25) is 0 Å². The van der Waals surface area contributed by atoms with Crippen LogP contribution in [0, 0.1) is 5.82 Å². The zero-order valence-electron chi connectivity index (χ0n) is 9.12. The van der Waals surface area contributed by atoms with Crippen LogP contribution in [0.3, 0.4) is 0 Å². The number of halogens is 4. The highest BCUT2D eigenvalue weighted by atomic mass is 19.4. The molecule has 0 unspecified atom stereocenters. The molecule has 0 saturated heterocycles. The molecule has 2 aromatic rings. The number of azo groups is 1. The van der Waals surface area contributed by atoms with Gasteiger partial charge in [0.1, 0.15) is 5.82 Å². The maximum absolute atomic E-state index is 12.8. The van der Waals surface area contributed by atoms with Crippen molar-refractivity contribution in [3.05, 3.63) is 46.1 Å². The third-order valence-electron chi connectivity index (χ3n) is 2.11. The molecule has 0 fully saturated rings. The summed E-state index contributed by atoms with van der Waals surface area (Å²) in [5.74, 6) is -0.615. The molecule has 19 heavy (non-hydrogen) atoms. The first kappa shape index (κ1) is 13.0. The van der Waals surface area contributed by atoms with Crippen LogP contribution in [0.4, 0.5) is 28.9 Å². The molecule has 0 amide bonds. The Morgan fingerprint density at radius 2 is 1.84 bits per heavy atom. The molecule has 0 bridgehead atoms. The molecular formula is C10H6F4N4O. The molecule has 1 aromatic carbocycles. The zero-order chi connectivity index (χ0) is 14.0. The smallest absolute Gasteiger partial charge is 0.292 e. The lowest BCUT2D eigenvalue weighted by molar-refractivity contribution is -0.140. The molecule has 0 atom stereocenters. The summed E-state index contributed by atoms with van der Waals surface area (Å²) in [5.41, 5.74) is -3.31. The number of alkyl halides is 3. The van der Waals surface area contributed by atoms with E-state index < -0.39 is 28.9 Å². The number of aromatic nitrogens is 2. The van der Waals surface area contributed by atoms with Gasteiger partial charge in [0.05, 0.1) is 5.69 Å². The number of nitrogens with one attached hydrogen (secondary N) is 2. The van der Waals surface area contributed by atoms with Crippen LogP contribution in [0.25, 0.3) is 0 Å². The van der Waals surface area contributed by atoms with Gasteiger partial charge in [-0.05, 0) is 12.1 Å². The lowest BCUT2D eigenvalue weighted by Gasteiger charge is -2.02. The Bertz CT molecular complexity index is 671. The number of benzene rings is 1. The Morgan fingerprint density at radius 3 is 2.47 bits per heavy atom. The van der Waals surface area contributed by atoms with Crippen LogP contribution in [0.1, 0.15) is 5.69 Å². The number of hydrogen-bond acceptors (Lipinski definition) is 3. The number of rotatable bonds is 2. The predicted molar refractivity (Wildman–Crippen MR) is 57.0 cm³/mol. The van der Waals surface area contributed by atoms with Gasteiger partial charge in [-0.2, -0.15) is 18.3 Å². The summed E-state index contributed by atoms with van der Waals surface area (Å²) >= 11 is 0. The highest BCUT2D eigenvalue weighted by molar-refractivity contribution is 5.42. The van der Waals surface area contributed by atoms with Crippen molar-refractivity contribution in [1.29, 1.82) is 0 Å². The second-order valence-corrected chi connectivity index (χ2v) is 3.48. The molecule has 2 N–H and O–H groups in total. The van der Waals surface area contributed by atoms with Crippen molar-refractivity contribution < 1.29 is 17.6 Å². The average molecular weight is 274 g/mol. The number of nitrogens with zero attached hydrogens (tertiary/aromatic N) is 2. The van der Waals surface area contributed by atoms with E-state index in [-0.39, 0.29) is 5.69 Å². The third-order valence-corrected chi connectivity index (χ3v) is 2.11. The molecule has 100 valence electrons. The Morgan fingerprint density at radius 1 is 1.11 bits per heavy atom. The van der Waals surface area contributed by atoms with E-state index in [4.69, 9.17) is 0 Å². The molecular weight excluding hydrogens is 268 g/mol. The van der Waals surface area contributed by atoms with Crippen molar-refractivity contribution in [2.24, 2.45) is 10.2 Å². The van der Waals surface area contributed by atoms with Crippen LogP contribution in [0.15, 0.2) is 39.3 Å². The van der Waals surface area contributed by atoms with E-state index in [0.717, 1.165) is 12.1 Å². The Kier molecular flexibility index (Phi) is 3.19. The van der Waals surface area contributed by atoms with Crippen molar-refractivity contribution in [2.75, 3.05) is 0 Å². The van der Waals surface area contributed by atoms with Gasteiger partial charge < -0.3 is 0 Å². The molecule has 2 rings (SSSR count). The van der Waals surface area contributed by atoms with Gasteiger partial charge in [-0.15, -0.1) is 5.11 Å². The van der Waals surface area contributed by atoms with Crippen LogP contribution >= 0.6 is 0 Å². The van der Waals surface area contributed by atoms with Crippen molar-refractivity contribution in [3.63, 3.8) is 0 Å². The summed E-state index contributed by atoms with van der Waals surface area (Å²) < 4.78 is 50.3. The summed E-state index contributed by atoms with van der Waals surface area (Å²) in [6.45, 7) is 0. The molecule has 0 saturated carbocycles. The number of aromatic amines is 2. The van der Waals surface area contributed by atoms with Crippen molar-refractivity contribution in [1.82, 2.24) is 10.2 Å². The molecule has 9 heteroatoms. The number of H-pyrrole nitrogens is 2. The van der Waals surface area contributed by atoms with Gasteiger partial charge in [0.25, 0.3) is 5.56 Å². The van der Waals surface area contributed by atoms with Crippen molar-refractivity contribution in [2.45, 2.75) is 6.18 Å². The van der Waals surface area contributed by atoms with Crippen LogP contribution in [-0.4, -0.2) is 10.2 Å². The fourth-order valence-electron chi connectivity index (χ4n) is 1.30. The van der Waals surface area contributed by atoms with E-state index in [0.29, 0.717) is 0 Å². The lowest BCUT2D eigenvalue weighted by atomic mass is 10.3. The first-order valence-corrected chi connectivity index (χ1v) is 4.93. The van der Waals surface area contributed by atoms with Crippen LogP contribution in [-0.2, 0) is 6.18 Å². The molecule has 0 spiro atoms. The summed E-state index contributed by atoms with van der Waals surface area (Å²) in [6, 6.07) is 4.76. The zero-order valence-corrected chi connectivity index (χ0v) is 9.12. The van der Waals surface area contributed by atoms with E-state index in [9.17, 15) is 22.4 Å². The van der Waals surface area contributed by atoms with Gasteiger partial charge >= 0.3 is 6.18 Å². The van der Waals surface area contributed by atoms with Crippen LogP contribution < -0.4 is 5.56 Å². The minimum Gasteiger partial charge on any atom is -0.292 e. The fourth-order valence-corrected chi connectivity index (χ4v) is 1.30. The molecule has 5 nitrogen and oxygen atoms in total. The summed E-state index contributed by atoms with van der Waals surface area (Å²) in [5, 5.41) is 10.0. The molecule has 0 aliphatic heterocycles. The first-order chi connectivity index (χ1) is 8.88. The quantitative estimate of drug-likeness (QED) is 0.640. The monoisotopic (exact) mass is 274 g/mol. The van der Waals surface area contributed by atoms with Gasteiger partial charge in [-0.25, -0.2) is 4.39 Å². The van der Waals surface area contributed by atoms with E-state index in [1.54, 1.807) is 10.2 Å². The molecule has 1 aromatic heterocycles. The molecule has 0 aliphatic rings. The Labute approximate surface area is 103 Å². The highest BCUT2D eigenvalue weighted by Gasteiger charge is 2.37. The van der Waals surface area contributed by atoms with Gasteiger partial charge in [-0.3, -0.25) is 15.0 Å². The van der Waals surface area contributed by atoms with Gasteiger partial charge in [0, 0.05) is 6.07 Å². The fraction of sp³-hybridized carbons (Fsp3) is 0.100. The first-order valence-electron chi connectivity index (χ1n) is 4.93. The lowest BCUT2D eigenvalue weighted by Crippen LogP contribution is -2.06. The molecule has 1 heterocycles. The maximum Gasteiger partial charge on any atom is 0.435 e.